The summed E-state index contributed by atoms with van der Waals surface area (Å²) in [7, 11) is -4.12. The van der Waals surface area contributed by atoms with Gasteiger partial charge in [-0.3, -0.25) is 0 Å². The Morgan fingerprint density at radius 2 is 1.00 bits per heavy atom. The van der Waals surface area contributed by atoms with Crippen LogP contribution in [0.3, 0.4) is 0 Å². The van der Waals surface area contributed by atoms with E-state index in [1.165, 1.54) is 71.1 Å². The second-order valence-electron chi connectivity index (χ2n) is 8.27. The maximum atomic E-state index is 10.8. The Labute approximate surface area is 218 Å². The minimum atomic E-state index is -4.12. The first-order valence-electron chi connectivity index (χ1n) is 11.5. The molecule has 0 heterocycles. The van der Waals surface area contributed by atoms with Crippen LogP contribution < -0.4 is 51.4 Å². The number of rotatable bonds is 20. The Balaban J connectivity index is 0. The van der Waals surface area contributed by atoms with E-state index in [0.29, 0.717) is 6.42 Å². The summed E-state index contributed by atoms with van der Waals surface area (Å²) in [5, 5.41) is 9.25. The van der Waals surface area contributed by atoms with Gasteiger partial charge >= 0.3 is 51.4 Å². The van der Waals surface area contributed by atoms with Gasteiger partial charge in [-0.15, -0.1) is 0 Å². The van der Waals surface area contributed by atoms with Crippen LogP contribution >= 0.6 is 0 Å². The first-order chi connectivity index (χ1) is 12.9. The number of hydrogen-bond donors (Lipinski definition) is 1. The normalized spacial score (nSPS) is 13.9. The molecule has 0 amide bonds. The molecular formula is C22H45KO4S. The van der Waals surface area contributed by atoms with E-state index in [-0.39, 0.29) is 57.5 Å². The smallest absolute Gasteiger partial charge is 0.748 e. The van der Waals surface area contributed by atoms with E-state index in [1.807, 2.05) is 0 Å². The van der Waals surface area contributed by atoms with Gasteiger partial charge in [0.15, 0.2) is 0 Å². The van der Waals surface area contributed by atoms with Crippen molar-refractivity contribution in [2.45, 2.75) is 141 Å². The first kappa shape index (κ1) is 31.7. The van der Waals surface area contributed by atoms with Gasteiger partial charge in [-0.25, -0.2) is 8.42 Å². The molecule has 0 aromatic carbocycles. The maximum Gasteiger partial charge on any atom is 1.00 e. The van der Waals surface area contributed by atoms with Crippen molar-refractivity contribution in [3.8, 4) is 0 Å². The summed E-state index contributed by atoms with van der Waals surface area (Å²) in [4.78, 5) is 0. The number of aliphatic hydroxyl groups is 1. The van der Waals surface area contributed by atoms with E-state index in [1.54, 1.807) is 0 Å². The third kappa shape index (κ3) is 22.2. The van der Waals surface area contributed by atoms with Crippen molar-refractivity contribution in [2.24, 2.45) is 0 Å². The Kier molecular flexibility index (Phi) is 24.6. The van der Waals surface area contributed by atoms with E-state index < -0.39 is 15.4 Å². The molecule has 0 saturated heterocycles. The molecule has 164 valence electrons. The standard InChI is InChI=1S/C22H46O4S.K/c1-3-4-5-6-7-8-9-10-11-12-16-19-22(23)20-17-14-13-15-18-21(2)27(24,25)26;/h21-23H,3-20H2,1-2H3,(H,24,25,26);/q;+1/p-1. The van der Waals surface area contributed by atoms with Crippen molar-refractivity contribution in [3.63, 3.8) is 0 Å². The molecule has 6 heteroatoms. The second-order valence-corrected chi connectivity index (χ2v) is 10.1. The molecule has 0 fully saturated rings. The fourth-order valence-electron chi connectivity index (χ4n) is 3.50. The van der Waals surface area contributed by atoms with Crippen molar-refractivity contribution in [1.82, 2.24) is 0 Å². The first-order valence-corrected chi connectivity index (χ1v) is 13.0. The van der Waals surface area contributed by atoms with E-state index in [0.717, 1.165) is 44.9 Å². The molecule has 4 nitrogen and oxygen atoms in total. The van der Waals surface area contributed by atoms with Gasteiger partial charge in [-0.2, -0.15) is 0 Å². The van der Waals surface area contributed by atoms with Gasteiger partial charge in [0.2, 0.25) is 0 Å². The quantitative estimate of drug-likeness (QED) is 0.177. The van der Waals surface area contributed by atoms with Gasteiger partial charge < -0.3 is 9.66 Å². The van der Waals surface area contributed by atoms with Crippen LogP contribution in [0.1, 0.15) is 129 Å². The van der Waals surface area contributed by atoms with Gasteiger partial charge in [0.05, 0.1) is 16.2 Å². The van der Waals surface area contributed by atoms with Crippen LogP contribution in [0.25, 0.3) is 0 Å². The van der Waals surface area contributed by atoms with E-state index in [4.69, 9.17) is 0 Å². The molecule has 0 aromatic heterocycles. The largest absolute Gasteiger partial charge is 1.00 e. The zero-order chi connectivity index (χ0) is 20.4. The van der Waals surface area contributed by atoms with Crippen molar-refractivity contribution in [3.05, 3.63) is 0 Å². The molecule has 2 unspecified atom stereocenters. The molecule has 0 spiro atoms. The number of unbranched alkanes of at least 4 members (excludes halogenated alkanes) is 13. The summed E-state index contributed by atoms with van der Waals surface area (Å²) in [5.41, 5.74) is 0. The zero-order valence-electron chi connectivity index (χ0n) is 19.0. The van der Waals surface area contributed by atoms with Gasteiger partial charge in [0.1, 0.15) is 0 Å². The predicted molar refractivity (Wildman–Crippen MR) is 114 cm³/mol. The summed E-state index contributed by atoms with van der Waals surface area (Å²) in [6.07, 6.45) is 20.3. The van der Waals surface area contributed by atoms with Crippen LogP contribution in [0.15, 0.2) is 0 Å². The monoisotopic (exact) mass is 444 g/mol. The second kappa shape index (κ2) is 21.7. The van der Waals surface area contributed by atoms with Gasteiger partial charge in [-0.1, -0.05) is 103 Å². The zero-order valence-corrected chi connectivity index (χ0v) is 22.9. The number of aliphatic hydroxyl groups excluding tert-OH is 1. The SMILES string of the molecule is CCCCCCCCCCCCCC(O)CCCCCCC(C)S(=O)(=O)[O-].[K+]. The minimum Gasteiger partial charge on any atom is -0.748 e. The molecule has 0 aliphatic rings. The van der Waals surface area contributed by atoms with Crippen molar-refractivity contribution in [1.29, 1.82) is 0 Å². The predicted octanol–water partition coefficient (Wildman–Crippen LogP) is 3.33. The molecule has 28 heavy (non-hydrogen) atoms. The molecule has 0 bridgehead atoms. The summed E-state index contributed by atoms with van der Waals surface area (Å²) in [6, 6.07) is 0. The fourth-order valence-corrected chi connectivity index (χ4v) is 3.95. The van der Waals surface area contributed by atoms with Crippen LogP contribution in [-0.4, -0.2) is 29.4 Å². The van der Waals surface area contributed by atoms with Gasteiger partial charge in [0, 0.05) is 5.25 Å². The van der Waals surface area contributed by atoms with Crippen LogP contribution in [-0.2, 0) is 10.1 Å². The Morgan fingerprint density at radius 1 is 0.679 bits per heavy atom. The topological polar surface area (TPSA) is 77.4 Å². The maximum absolute atomic E-state index is 10.8. The fraction of sp³-hybridized carbons (Fsp3) is 1.00. The molecular weight excluding hydrogens is 399 g/mol. The van der Waals surface area contributed by atoms with Crippen molar-refractivity contribution in [2.75, 3.05) is 0 Å². The average Bonchev–Trinajstić information content (AvgIpc) is 2.61. The molecule has 0 aliphatic heterocycles. The Morgan fingerprint density at radius 3 is 1.36 bits per heavy atom. The van der Waals surface area contributed by atoms with Gasteiger partial charge in [-0.05, 0) is 26.2 Å². The molecule has 0 aromatic rings. The summed E-state index contributed by atoms with van der Waals surface area (Å²) >= 11 is 0. The summed E-state index contributed by atoms with van der Waals surface area (Å²) in [6.45, 7) is 3.74. The molecule has 0 saturated carbocycles. The van der Waals surface area contributed by atoms with Crippen LogP contribution in [0.2, 0.25) is 0 Å². The third-order valence-electron chi connectivity index (χ3n) is 5.53. The van der Waals surface area contributed by atoms with Crippen molar-refractivity contribution < 1.29 is 69.5 Å². The van der Waals surface area contributed by atoms with E-state index in [2.05, 4.69) is 6.92 Å². The average molecular weight is 445 g/mol. The summed E-state index contributed by atoms with van der Waals surface area (Å²) in [5.74, 6) is 0. The van der Waals surface area contributed by atoms with E-state index in [9.17, 15) is 18.1 Å². The molecule has 2 atom stereocenters. The molecule has 0 rings (SSSR count). The number of hydrogen-bond acceptors (Lipinski definition) is 4. The van der Waals surface area contributed by atoms with E-state index >= 15 is 0 Å². The minimum absolute atomic E-state index is 0. The summed E-state index contributed by atoms with van der Waals surface area (Å²) < 4.78 is 32.4. The molecule has 1 N–H and O–H groups in total. The molecule has 0 aliphatic carbocycles. The Hall–Kier alpha value is 1.51. The molecule has 0 radical (unpaired) electrons. The Bertz CT molecular complexity index is 415. The van der Waals surface area contributed by atoms with Crippen molar-refractivity contribution >= 4 is 10.1 Å². The van der Waals surface area contributed by atoms with Crippen LogP contribution in [0.5, 0.6) is 0 Å². The van der Waals surface area contributed by atoms with Crippen LogP contribution in [0, 0.1) is 0 Å². The van der Waals surface area contributed by atoms with Gasteiger partial charge in [0.25, 0.3) is 0 Å². The third-order valence-corrected chi connectivity index (χ3v) is 6.75. The van der Waals surface area contributed by atoms with Crippen LogP contribution in [0.4, 0.5) is 0 Å².